The highest BCUT2D eigenvalue weighted by atomic mass is 19.1. The van der Waals surface area contributed by atoms with E-state index >= 15 is 0 Å². The number of nitrogens with zero attached hydrogens (tertiary/aromatic N) is 2. The quantitative estimate of drug-likeness (QED) is 0.747. The Morgan fingerprint density at radius 1 is 1.32 bits per heavy atom. The average Bonchev–Trinajstić information content (AvgIpc) is 2.64. The summed E-state index contributed by atoms with van der Waals surface area (Å²) in [7, 11) is 0. The summed E-state index contributed by atoms with van der Waals surface area (Å²) >= 11 is 0. The fraction of sp³-hybridized carbons (Fsp3) is 0.389. The van der Waals surface area contributed by atoms with Crippen LogP contribution in [0.1, 0.15) is 36.0 Å². The second-order valence-electron chi connectivity index (χ2n) is 5.95. The van der Waals surface area contributed by atoms with Crippen molar-refractivity contribution in [1.29, 1.82) is 0 Å². The lowest BCUT2D eigenvalue weighted by atomic mass is 10.1. The summed E-state index contributed by atoms with van der Waals surface area (Å²) in [5.41, 5.74) is 2.88. The number of fused-ring (bicyclic) bond motifs is 1. The van der Waals surface area contributed by atoms with Crippen molar-refractivity contribution in [2.45, 2.75) is 39.4 Å². The average molecular weight is 343 g/mol. The molecular weight excluding hydrogens is 321 g/mol. The normalized spacial score (nSPS) is 13.2. The van der Waals surface area contributed by atoms with Gasteiger partial charge in [0.1, 0.15) is 17.5 Å². The first-order valence-electron chi connectivity index (χ1n) is 8.50. The summed E-state index contributed by atoms with van der Waals surface area (Å²) in [5.74, 6) is 1.04. The second kappa shape index (κ2) is 8.02. The SMILES string of the molecule is CCC(=O)NCc1nc2c(c(NCc3cccc(F)c3)n1)CNCC2. The van der Waals surface area contributed by atoms with Crippen LogP contribution in [0.2, 0.25) is 0 Å². The van der Waals surface area contributed by atoms with E-state index in [0.29, 0.717) is 31.9 Å². The maximum atomic E-state index is 13.3. The lowest BCUT2D eigenvalue weighted by molar-refractivity contribution is -0.120. The first-order chi connectivity index (χ1) is 12.2. The minimum atomic E-state index is -0.256. The van der Waals surface area contributed by atoms with Gasteiger partial charge >= 0.3 is 0 Å². The number of anilines is 1. The van der Waals surface area contributed by atoms with Gasteiger partial charge in [-0.15, -0.1) is 0 Å². The topological polar surface area (TPSA) is 78.9 Å². The lowest BCUT2D eigenvalue weighted by Crippen LogP contribution is -2.28. The highest BCUT2D eigenvalue weighted by Crippen LogP contribution is 2.21. The fourth-order valence-corrected chi connectivity index (χ4v) is 2.75. The van der Waals surface area contributed by atoms with Gasteiger partial charge in [0.15, 0.2) is 0 Å². The van der Waals surface area contributed by atoms with Crippen molar-refractivity contribution in [2.24, 2.45) is 0 Å². The van der Waals surface area contributed by atoms with E-state index in [0.717, 1.165) is 35.6 Å². The van der Waals surface area contributed by atoms with Crippen LogP contribution in [0.5, 0.6) is 0 Å². The van der Waals surface area contributed by atoms with E-state index in [-0.39, 0.29) is 11.7 Å². The summed E-state index contributed by atoms with van der Waals surface area (Å²) in [6.07, 6.45) is 1.25. The molecule has 1 aliphatic rings. The van der Waals surface area contributed by atoms with Crippen LogP contribution in [0.4, 0.5) is 10.2 Å². The van der Waals surface area contributed by atoms with E-state index in [1.807, 2.05) is 6.07 Å². The Balaban J connectivity index is 1.79. The van der Waals surface area contributed by atoms with Crippen molar-refractivity contribution in [1.82, 2.24) is 20.6 Å². The third kappa shape index (κ3) is 4.51. The zero-order valence-electron chi connectivity index (χ0n) is 14.2. The van der Waals surface area contributed by atoms with Crippen LogP contribution in [-0.2, 0) is 30.8 Å². The van der Waals surface area contributed by atoms with Gasteiger partial charge < -0.3 is 16.0 Å². The minimum absolute atomic E-state index is 0.0303. The Morgan fingerprint density at radius 2 is 2.20 bits per heavy atom. The molecule has 0 saturated carbocycles. The van der Waals surface area contributed by atoms with E-state index in [9.17, 15) is 9.18 Å². The molecular formula is C18H22FN5O. The molecule has 2 aromatic rings. The molecule has 0 fully saturated rings. The van der Waals surface area contributed by atoms with Crippen molar-refractivity contribution in [3.63, 3.8) is 0 Å². The maximum Gasteiger partial charge on any atom is 0.220 e. The van der Waals surface area contributed by atoms with Gasteiger partial charge in [-0.3, -0.25) is 4.79 Å². The van der Waals surface area contributed by atoms with Crippen LogP contribution < -0.4 is 16.0 Å². The summed E-state index contributed by atoms with van der Waals surface area (Å²) in [5, 5.41) is 9.41. The predicted octanol–water partition coefficient (Wildman–Crippen LogP) is 1.90. The maximum absolute atomic E-state index is 13.3. The molecule has 3 N–H and O–H groups in total. The number of aromatic nitrogens is 2. The molecule has 25 heavy (non-hydrogen) atoms. The molecule has 1 aromatic carbocycles. The molecule has 0 bridgehead atoms. The van der Waals surface area contributed by atoms with Crippen molar-refractivity contribution in [3.05, 3.63) is 52.7 Å². The summed E-state index contributed by atoms with van der Waals surface area (Å²) in [4.78, 5) is 20.6. The molecule has 1 amide bonds. The summed E-state index contributed by atoms with van der Waals surface area (Å²) < 4.78 is 13.3. The highest BCUT2D eigenvalue weighted by molar-refractivity contribution is 5.75. The lowest BCUT2D eigenvalue weighted by Gasteiger charge is -2.21. The molecule has 132 valence electrons. The van der Waals surface area contributed by atoms with Crippen LogP contribution in [0.25, 0.3) is 0 Å². The summed E-state index contributed by atoms with van der Waals surface area (Å²) in [6, 6.07) is 6.48. The molecule has 0 atom stereocenters. The zero-order valence-corrected chi connectivity index (χ0v) is 14.2. The van der Waals surface area contributed by atoms with Crippen LogP contribution >= 0.6 is 0 Å². The fourth-order valence-electron chi connectivity index (χ4n) is 2.75. The van der Waals surface area contributed by atoms with Crippen molar-refractivity contribution in [2.75, 3.05) is 11.9 Å². The molecule has 3 rings (SSSR count). The third-order valence-electron chi connectivity index (χ3n) is 4.09. The van der Waals surface area contributed by atoms with Gasteiger partial charge in [0, 0.05) is 38.0 Å². The van der Waals surface area contributed by atoms with Gasteiger partial charge in [0.2, 0.25) is 5.91 Å². The number of hydrogen-bond donors (Lipinski definition) is 3. The molecule has 0 spiro atoms. The Morgan fingerprint density at radius 3 is 3.00 bits per heavy atom. The summed E-state index contributed by atoms with van der Waals surface area (Å²) in [6.45, 7) is 4.15. The van der Waals surface area contributed by atoms with Gasteiger partial charge in [-0.05, 0) is 17.7 Å². The zero-order chi connectivity index (χ0) is 17.6. The van der Waals surface area contributed by atoms with Crippen molar-refractivity contribution < 1.29 is 9.18 Å². The van der Waals surface area contributed by atoms with Gasteiger partial charge in [0.05, 0.1) is 12.2 Å². The van der Waals surface area contributed by atoms with Crippen molar-refractivity contribution >= 4 is 11.7 Å². The van der Waals surface area contributed by atoms with Crippen LogP contribution in [0.3, 0.4) is 0 Å². The number of amides is 1. The molecule has 0 saturated heterocycles. The van der Waals surface area contributed by atoms with E-state index in [2.05, 4.69) is 25.9 Å². The molecule has 0 unspecified atom stereocenters. The largest absolute Gasteiger partial charge is 0.366 e. The monoisotopic (exact) mass is 343 g/mol. The number of halogens is 1. The first-order valence-corrected chi connectivity index (χ1v) is 8.50. The van der Waals surface area contributed by atoms with Gasteiger partial charge in [0.25, 0.3) is 0 Å². The van der Waals surface area contributed by atoms with Crippen LogP contribution in [-0.4, -0.2) is 22.4 Å². The second-order valence-corrected chi connectivity index (χ2v) is 5.95. The minimum Gasteiger partial charge on any atom is -0.366 e. The van der Waals surface area contributed by atoms with E-state index in [1.54, 1.807) is 13.0 Å². The number of rotatable bonds is 6. The Kier molecular flexibility index (Phi) is 5.55. The smallest absolute Gasteiger partial charge is 0.220 e. The number of benzene rings is 1. The van der Waals surface area contributed by atoms with E-state index < -0.39 is 0 Å². The molecule has 6 nitrogen and oxygen atoms in total. The number of carbonyl (C=O) groups excluding carboxylic acids is 1. The number of hydrogen-bond acceptors (Lipinski definition) is 5. The third-order valence-corrected chi connectivity index (χ3v) is 4.09. The van der Waals surface area contributed by atoms with Crippen molar-refractivity contribution in [3.8, 4) is 0 Å². The Bertz CT molecular complexity index is 765. The highest BCUT2D eigenvalue weighted by Gasteiger charge is 2.17. The molecule has 0 aliphatic carbocycles. The molecule has 2 heterocycles. The van der Waals surface area contributed by atoms with Crippen LogP contribution in [0.15, 0.2) is 24.3 Å². The van der Waals surface area contributed by atoms with Gasteiger partial charge in [-0.2, -0.15) is 0 Å². The predicted molar refractivity (Wildman–Crippen MR) is 93.3 cm³/mol. The van der Waals surface area contributed by atoms with Crippen LogP contribution in [0, 0.1) is 5.82 Å². The van der Waals surface area contributed by atoms with E-state index in [4.69, 9.17) is 0 Å². The molecule has 1 aliphatic heterocycles. The van der Waals surface area contributed by atoms with E-state index in [1.165, 1.54) is 12.1 Å². The van der Waals surface area contributed by atoms with Gasteiger partial charge in [-0.1, -0.05) is 19.1 Å². The standard InChI is InChI=1S/C18H22FN5O/c1-2-17(25)21-11-16-23-15-6-7-20-10-14(15)18(24-16)22-9-12-4-3-5-13(19)8-12/h3-5,8,20H,2,6-7,9-11H2,1H3,(H,21,25)(H,22,23,24). The molecule has 1 aromatic heterocycles. The molecule has 7 heteroatoms. The first kappa shape index (κ1) is 17.3. The van der Waals surface area contributed by atoms with Gasteiger partial charge in [-0.25, -0.2) is 14.4 Å². The number of nitrogens with one attached hydrogen (secondary N) is 3. The molecule has 0 radical (unpaired) electrons. The number of carbonyl (C=O) groups is 1. The Hall–Kier alpha value is -2.54. The Labute approximate surface area is 146 Å².